The molecular formula is C18H10F6N4O. The summed E-state index contributed by atoms with van der Waals surface area (Å²) < 4.78 is 81.0. The Bertz CT molecular complexity index is 1320. The molecule has 4 aromatic rings. The van der Waals surface area contributed by atoms with Gasteiger partial charge in [-0.15, -0.1) is 0 Å². The molecule has 3 aromatic heterocycles. The molecule has 0 aliphatic carbocycles. The zero-order valence-corrected chi connectivity index (χ0v) is 14.5. The zero-order valence-electron chi connectivity index (χ0n) is 14.5. The van der Waals surface area contributed by atoms with Gasteiger partial charge in [0.15, 0.2) is 0 Å². The minimum absolute atomic E-state index is 0.0535. The minimum atomic E-state index is -4.76. The molecule has 0 atom stereocenters. The minimum Gasteiger partial charge on any atom is -0.296 e. The average molecular weight is 412 g/mol. The van der Waals surface area contributed by atoms with Gasteiger partial charge in [0, 0.05) is 24.9 Å². The fraction of sp³-hybridized carbons (Fsp3) is 0.167. The van der Waals surface area contributed by atoms with Crippen LogP contribution < -0.4 is 5.56 Å². The first-order valence-electron chi connectivity index (χ1n) is 8.11. The molecule has 0 saturated heterocycles. The van der Waals surface area contributed by atoms with Crippen molar-refractivity contribution in [1.29, 1.82) is 0 Å². The van der Waals surface area contributed by atoms with Crippen molar-refractivity contribution in [3.8, 4) is 11.3 Å². The summed E-state index contributed by atoms with van der Waals surface area (Å²) in [6.45, 7) is 0. The Labute approximate surface area is 157 Å². The largest absolute Gasteiger partial charge is 0.433 e. The fourth-order valence-electron chi connectivity index (χ4n) is 3.12. The van der Waals surface area contributed by atoms with E-state index in [9.17, 15) is 31.1 Å². The van der Waals surface area contributed by atoms with Gasteiger partial charge in [-0.3, -0.25) is 14.3 Å². The first kappa shape index (κ1) is 19.0. The second-order valence-corrected chi connectivity index (χ2v) is 6.29. The van der Waals surface area contributed by atoms with Crippen molar-refractivity contribution in [2.75, 3.05) is 0 Å². The Morgan fingerprint density at radius 3 is 2.34 bits per heavy atom. The fourth-order valence-corrected chi connectivity index (χ4v) is 3.12. The quantitative estimate of drug-likeness (QED) is 0.439. The summed E-state index contributed by atoms with van der Waals surface area (Å²) in [7, 11) is 1.27. The molecule has 1 aromatic carbocycles. The first-order valence-corrected chi connectivity index (χ1v) is 8.11. The van der Waals surface area contributed by atoms with Gasteiger partial charge in [0.2, 0.25) is 0 Å². The van der Waals surface area contributed by atoms with Gasteiger partial charge in [-0.25, -0.2) is 4.52 Å². The van der Waals surface area contributed by atoms with Crippen LogP contribution in [0.15, 0.2) is 47.4 Å². The van der Waals surface area contributed by atoms with Gasteiger partial charge >= 0.3 is 12.4 Å². The van der Waals surface area contributed by atoms with E-state index in [1.54, 1.807) is 0 Å². The number of rotatable bonds is 1. The van der Waals surface area contributed by atoms with Crippen LogP contribution in [0, 0.1) is 0 Å². The molecule has 3 heterocycles. The van der Waals surface area contributed by atoms with Crippen LogP contribution in [0.3, 0.4) is 0 Å². The highest BCUT2D eigenvalue weighted by Gasteiger charge is 2.35. The molecule has 0 aliphatic heterocycles. The van der Waals surface area contributed by atoms with Crippen molar-refractivity contribution in [1.82, 2.24) is 19.2 Å². The number of aromatic nitrogens is 4. The molecule has 0 unspecified atom stereocenters. The number of fused-ring (bicyclic) bond motifs is 3. The van der Waals surface area contributed by atoms with Crippen LogP contribution in [0.1, 0.15) is 11.3 Å². The van der Waals surface area contributed by atoms with Gasteiger partial charge in [0.1, 0.15) is 11.3 Å². The topological polar surface area (TPSA) is 52.2 Å². The van der Waals surface area contributed by atoms with Crippen LogP contribution in [-0.2, 0) is 19.4 Å². The lowest BCUT2D eigenvalue weighted by Gasteiger charge is -2.12. The second-order valence-electron chi connectivity index (χ2n) is 6.29. The molecule has 5 nitrogen and oxygen atoms in total. The molecule has 29 heavy (non-hydrogen) atoms. The predicted octanol–water partition coefficient (Wildman–Crippen LogP) is 4.29. The number of pyridine rings is 1. The molecule has 0 spiro atoms. The highest BCUT2D eigenvalue weighted by Crippen LogP contribution is 2.34. The van der Waals surface area contributed by atoms with Crippen molar-refractivity contribution in [3.63, 3.8) is 0 Å². The van der Waals surface area contributed by atoms with Crippen LogP contribution in [0.25, 0.3) is 27.8 Å². The SMILES string of the molecule is Cn1c(=O)c2c(C(F)(F)F)cccc2n2nc(-c3ccnc(C(F)(F)F)c3)cc12. The summed E-state index contributed by atoms with van der Waals surface area (Å²) >= 11 is 0. The zero-order chi connectivity index (χ0) is 21.1. The van der Waals surface area contributed by atoms with Gasteiger partial charge in [0.25, 0.3) is 5.56 Å². The van der Waals surface area contributed by atoms with E-state index in [1.165, 1.54) is 25.2 Å². The molecule has 0 radical (unpaired) electrons. The molecule has 0 aliphatic rings. The van der Waals surface area contributed by atoms with Crippen molar-refractivity contribution in [2.45, 2.75) is 12.4 Å². The van der Waals surface area contributed by atoms with Gasteiger partial charge < -0.3 is 0 Å². The van der Waals surface area contributed by atoms with E-state index in [-0.39, 0.29) is 22.4 Å². The number of alkyl halides is 6. The van der Waals surface area contributed by atoms with E-state index < -0.39 is 34.6 Å². The summed E-state index contributed by atoms with van der Waals surface area (Å²) in [4.78, 5) is 15.9. The monoisotopic (exact) mass is 412 g/mol. The van der Waals surface area contributed by atoms with Gasteiger partial charge in [-0.1, -0.05) is 6.07 Å². The summed E-state index contributed by atoms with van der Waals surface area (Å²) in [5, 5.41) is 3.58. The summed E-state index contributed by atoms with van der Waals surface area (Å²) in [6, 6.07) is 6.62. The maximum absolute atomic E-state index is 13.4. The van der Waals surface area contributed by atoms with Gasteiger partial charge in [-0.2, -0.15) is 31.4 Å². The Kier molecular flexibility index (Phi) is 3.97. The summed E-state index contributed by atoms with van der Waals surface area (Å²) in [6.07, 6.45) is -8.47. The second kappa shape index (κ2) is 6.06. The lowest BCUT2D eigenvalue weighted by molar-refractivity contribution is -0.141. The van der Waals surface area contributed by atoms with E-state index in [4.69, 9.17) is 0 Å². The normalized spacial score (nSPS) is 12.8. The molecule has 0 saturated carbocycles. The molecule has 0 N–H and O–H groups in total. The third kappa shape index (κ3) is 3.02. The molecule has 11 heteroatoms. The van der Waals surface area contributed by atoms with Crippen molar-refractivity contribution in [3.05, 3.63) is 64.2 Å². The highest BCUT2D eigenvalue weighted by atomic mass is 19.4. The van der Waals surface area contributed by atoms with Crippen LogP contribution >= 0.6 is 0 Å². The van der Waals surface area contributed by atoms with E-state index in [0.717, 1.165) is 33.5 Å². The Hall–Kier alpha value is -3.37. The summed E-state index contributed by atoms with van der Waals surface area (Å²) in [5.74, 6) is 0. The van der Waals surface area contributed by atoms with E-state index in [0.29, 0.717) is 0 Å². The van der Waals surface area contributed by atoms with Crippen molar-refractivity contribution in [2.24, 2.45) is 7.05 Å². The lowest BCUT2D eigenvalue weighted by atomic mass is 10.1. The first-order chi connectivity index (χ1) is 13.5. The molecular weight excluding hydrogens is 402 g/mol. The van der Waals surface area contributed by atoms with E-state index in [1.807, 2.05) is 0 Å². The maximum atomic E-state index is 13.4. The highest BCUT2D eigenvalue weighted by molar-refractivity contribution is 5.85. The number of aryl methyl sites for hydroxylation is 1. The summed E-state index contributed by atoms with van der Waals surface area (Å²) in [5.41, 5.74) is -3.00. The van der Waals surface area contributed by atoms with E-state index in [2.05, 4.69) is 10.1 Å². The molecule has 150 valence electrons. The van der Waals surface area contributed by atoms with Crippen LogP contribution in [0.5, 0.6) is 0 Å². The third-order valence-corrected chi connectivity index (χ3v) is 4.47. The van der Waals surface area contributed by atoms with Gasteiger partial charge in [0.05, 0.1) is 22.2 Å². The number of hydrogen-bond acceptors (Lipinski definition) is 3. The molecule has 4 rings (SSSR count). The van der Waals surface area contributed by atoms with Gasteiger partial charge in [-0.05, 0) is 24.3 Å². The van der Waals surface area contributed by atoms with Crippen LogP contribution in [-0.4, -0.2) is 19.2 Å². The standard InChI is InChI=1S/C18H10F6N4O/c1-27-14-8-11(9-5-6-25-13(7-9)18(22,23)24)26-28(14)12-4-2-3-10(17(19,20)21)15(12)16(27)29/h2-8H,1H3. The van der Waals surface area contributed by atoms with Crippen molar-refractivity contribution >= 4 is 16.6 Å². The number of nitrogens with zero attached hydrogens (tertiary/aromatic N) is 4. The average Bonchev–Trinajstić information content (AvgIpc) is 3.10. The van der Waals surface area contributed by atoms with Crippen molar-refractivity contribution < 1.29 is 26.3 Å². The number of hydrogen-bond donors (Lipinski definition) is 0. The van der Waals surface area contributed by atoms with Crippen LogP contribution in [0.4, 0.5) is 26.3 Å². The maximum Gasteiger partial charge on any atom is 0.433 e. The smallest absolute Gasteiger partial charge is 0.296 e. The molecule has 0 bridgehead atoms. The number of benzene rings is 1. The molecule has 0 fully saturated rings. The Morgan fingerprint density at radius 1 is 0.966 bits per heavy atom. The lowest BCUT2D eigenvalue weighted by Crippen LogP contribution is -2.23. The number of halogens is 6. The Balaban J connectivity index is 2.04. The Morgan fingerprint density at radius 2 is 1.69 bits per heavy atom. The molecule has 0 amide bonds. The van der Waals surface area contributed by atoms with E-state index >= 15 is 0 Å². The van der Waals surface area contributed by atoms with Crippen LogP contribution in [0.2, 0.25) is 0 Å². The third-order valence-electron chi connectivity index (χ3n) is 4.47. The predicted molar refractivity (Wildman–Crippen MR) is 91.2 cm³/mol.